The van der Waals surface area contributed by atoms with Crippen molar-refractivity contribution >= 4 is 32.1 Å². The minimum absolute atomic E-state index is 0.203. The molecule has 1 aromatic heterocycles. The van der Waals surface area contributed by atoms with Crippen molar-refractivity contribution in [2.24, 2.45) is 0 Å². The molecule has 0 saturated carbocycles. The predicted molar refractivity (Wildman–Crippen MR) is 107 cm³/mol. The summed E-state index contributed by atoms with van der Waals surface area (Å²) in [4.78, 5) is 14.1. The Balaban J connectivity index is 1.79. The Morgan fingerprint density at radius 3 is 2.36 bits per heavy atom. The summed E-state index contributed by atoms with van der Waals surface area (Å²) in [6.45, 7) is 0. The van der Waals surface area contributed by atoms with Crippen molar-refractivity contribution in [2.45, 2.75) is 35.5 Å². The summed E-state index contributed by atoms with van der Waals surface area (Å²) in [7, 11) is -3.77. The number of aryl methyl sites for hydroxylation is 1. The standard InChI is InChI=1S/C21H18FNO3S2/c22-15-12-10-14(11-13-15)20(24)23-21-19(17-8-4-5-9-18(17)27-21)28(25,26)16-6-2-1-3-7-16/h1-3,6-7,10-13H,4-5,8-9H2,(H,23,24). The Hall–Kier alpha value is -2.51. The van der Waals surface area contributed by atoms with Crippen molar-refractivity contribution in [1.29, 1.82) is 0 Å². The zero-order chi connectivity index (χ0) is 19.7. The second kappa shape index (κ2) is 7.48. The van der Waals surface area contributed by atoms with Crippen LogP contribution in [0.3, 0.4) is 0 Å². The fourth-order valence-electron chi connectivity index (χ4n) is 3.40. The highest BCUT2D eigenvalue weighted by Gasteiger charge is 2.31. The van der Waals surface area contributed by atoms with Crippen LogP contribution in [-0.4, -0.2) is 14.3 Å². The van der Waals surface area contributed by atoms with Crippen LogP contribution in [0.4, 0.5) is 9.39 Å². The number of benzene rings is 2. The second-order valence-corrected chi connectivity index (χ2v) is 9.64. The SMILES string of the molecule is O=C(Nc1sc2c(c1S(=O)(=O)c1ccccc1)CCCC2)c1ccc(F)cc1. The van der Waals surface area contributed by atoms with Gasteiger partial charge in [0, 0.05) is 10.4 Å². The largest absolute Gasteiger partial charge is 0.312 e. The quantitative estimate of drug-likeness (QED) is 0.662. The maximum Gasteiger partial charge on any atom is 0.256 e. The van der Waals surface area contributed by atoms with Gasteiger partial charge in [0.1, 0.15) is 15.7 Å². The lowest BCUT2D eigenvalue weighted by atomic mass is 9.99. The van der Waals surface area contributed by atoms with Crippen LogP contribution in [-0.2, 0) is 22.7 Å². The Bertz CT molecular complexity index is 1120. The van der Waals surface area contributed by atoms with E-state index in [1.54, 1.807) is 30.3 Å². The predicted octanol–water partition coefficient (Wildman–Crippen LogP) is 4.85. The molecule has 4 rings (SSSR count). The lowest BCUT2D eigenvalue weighted by Gasteiger charge is -2.13. The number of carbonyl (C=O) groups is 1. The number of hydrogen-bond donors (Lipinski definition) is 1. The van der Waals surface area contributed by atoms with Gasteiger partial charge in [-0.2, -0.15) is 0 Å². The molecular formula is C21H18FNO3S2. The number of thiophene rings is 1. The van der Waals surface area contributed by atoms with Crippen LogP contribution in [0.25, 0.3) is 0 Å². The Morgan fingerprint density at radius 2 is 1.64 bits per heavy atom. The number of carbonyl (C=O) groups excluding carboxylic acids is 1. The van der Waals surface area contributed by atoms with Crippen molar-refractivity contribution < 1.29 is 17.6 Å². The van der Waals surface area contributed by atoms with E-state index in [-0.39, 0.29) is 15.4 Å². The monoisotopic (exact) mass is 415 g/mol. The molecular weight excluding hydrogens is 397 g/mol. The molecule has 4 nitrogen and oxygen atoms in total. The van der Waals surface area contributed by atoms with E-state index in [2.05, 4.69) is 5.32 Å². The second-order valence-electron chi connectivity index (χ2n) is 6.65. The molecule has 1 aliphatic carbocycles. The van der Waals surface area contributed by atoms with Crippen LogP contribution in [0.1, 0.15) is 33.6 Å². The average molecular weight is 416 g/mol. The van der Waals surface area contributed by atoms with Gasteiger partial charge in [-0.3, -0.25) is 4.79 Å². The zero-order valence-corrected chi connectivity index (χ0v) is 16.6. The molecule has 0 atom stereocenters. The molecule has 1 aliphatic rings. The third-order valence-corrected chi connectivity index (χ3v) is 8.00. The molecule has 0 spiro atoms. The summed E-state index contributed by atoms with van der Waals surface area (Å²) >= 11 is 1.32. The summed E-state index contributed by atoms with van der Waals surface area (Å²) in [5.74, 6) is -0.890. The molecule has 2 aromatic carbocycles. The Morgan fingerprint density at radius 1 is 0.964 bits per heavy atom. The summed E-state index contributed by atoms with van der Waals surface area (Å²) in [6.07, 6.45) is 3.42. The lowest BCUT2D eigenvalue weighted by Crippen LogP contribution is -2.14. The highest BCUT2D eigenvalue weighted by molar-refractivity contribution is 7.92. The van der Waals surface area contributed by atoms with Crippen molar-refractivity contribution in [2.75, 3.05) is 5.32 Å². The van der Waals surface area contributed by atoms with E-state index >= 15 is 0 Å². The molecule has 0 saturated heterocycles. The minimum atomic E-state index is -3.77. The molecule has 0 radical (unpaired) electrons. The number of sulfone groups is 1. The maximum absolute atomic E-state index is 13.4. The van der Waals surface area contributed by atoms with Crippen LogP contribution in [0.2, 0.25) is 0 Å². The number of halogens is 1. The van der Waals surface area contributed by atoms with Crippen LogP contribution < -0.4 is 5.32 Å². The first kappa shape index (κ1) is 18.8. The van der Waals surface area contributed by atoms with E-state index in [1.807, 2.05) is 0 Å². The van der Waals surface area contributed by atoms with Gasteiger partial charge >= 0.3 is 0 Å². The van der Waals surface area contributed by atoms with Crippen LogP contribution >= 0.6 is 11.3 Å². The van der Waals surface area contributed by atoms with Gasteiger partial charge in [-0.1, -0.05) is 18.2 Å². The zero-order valence-electron chi connectivity index (χ0n) is 14.9. The first-order chi connectivity index (χ1) is 13.5. The average Bonchev–Trinajstić information content (AvgIpc) is 3.07. The van der Waals surface area contributed by atoms with Gasteiger partial charge in [-0.25, -0.2) is 12.8 Å². The fraction of sp³-hybridized carbons (Fsp3) is 0.190. The van der Waals surface area contributed by atoms with E-state index in [1.165, 1.54) is 35.6 Å². The van der Waals surface area contributed by atoms with E-state index in [9.17, 15) is 17.6 Å². The topological polar surface area (TPSA) is 63.2 Å². The molecule has 1 amide bonds. The first-order valence-electron chi connectivity index (χ1n) is 8.98. The summed E-state index contributed by atoms with van der Waals surface area (Å²) in [6, 6.07) is 13.4. The number of hydrogen-bond acceptors (Lipinski definition) is 4. The summed E-state index contributed by atoms with van der Waals surface area (Å²) in [5.41, 5.74) is 1.09. The lowest BCUT2D eigenvalue weighted by molar-refractivity contribution is 0.102. The fourth-order valence-corrected chi connectivity index (χ4v) is 6.69. The molecule has 7 heteroatoms. The smallest absolute Gasteiger partial charge is 0.256 e. The van der Waals surface area contributed by atoms with Gasteiger partial charge in [0.25, 0.3) is 5.91 Å². The number of rotatable bonds is 4. The van der Waals surface area contributed by atoms with Gasteiger partial charge < -0.3 is 5.32 Å². The van der Waals surface area contributed by atoms with Crippen LogP contribution in [0.5, 0.6) is 0 Å². The highest BCUT2D eigenvalue weighted by Crippen LogP contribution is 2.43. The molecule has 1 heterocycles. The maximum atomic E-state index is 13.4. The Kier molecular flexibility index (Phi) is 5.03. The van der Waals surface area contributed by atoms with E-state index in [4.69, 9.17) is 0 Å². The van der Waals surface area contributed by atoms with Gasteiger partial charge in [0.2, 0.25) is 9.84 Å². The third kappa shape index (κ3) is 3.47. The molecule has 144 valence electrons. The molecule has 28 heavy (non-hydrogen) atoms. The number of fused-ring (bicyclic) bond motifs is 1. The van der Waals surface area contributed by atoms with Crippen molar-refractivity contribution in [3.8, 4) is 0 Å². The normalized spacial score (nSPS) is 13.8. The molecule has 0 aliphatic heterocycles. The van der Waals surface area contributed by atoms with Gasteiger partial charge in [-0.15, -0.1) is 11.3 Å². The van der Waals surface area contributed by atoms with Gasteiger partial charge in [0.05, 0.1) is 4.90 Å². The molecule has 1 N–H and O–H groups in total. The molecule has 3 aromatic rings. The molecule has 0 unspecified atom stereocenters. The van der Waals surface area contributed by atoms with Gasteiger partial charge in [-0.05, 0) is 67.6 Å². The molecule has 0 bridgehead atoms. The summed E-state index contributed by atoms with van der Waals surface area (Å²) in [5, 5.41) is 3.10. The van der Waals surface area contributed by atoms with Crippen molar-refractivity contribution in [3.05, 3.63) is 76.4 Å². The first-order valence-corrected chi connectivity index (χ1v) is 11.3. The summed E-state index contributed by atoms with van der Waals surface area (Å²) < 4.78 is 39.8. The number of amides is 1. The number of nitrogens with one attached hydrogen (secondary N) is 1. The molecule has 0 fully saturated rings. The van der Waals surface area contributed by atoms with Crippen LogP contribution in [0.15, 0.2) is 64.4 Å². The van der Waals surface area contributed by atoms with Crippen LogP contribution in [0, 0.1) is 5.82 Å². The van der Waals surface area contributed by atoms with E-state index in [0.29, 0.717) is 11.4 Å². The number of anilines is 1. The van der Waals surface area contributed by atoms with Crippen molar-refractivity contribution in [3.63, 3.8) is 0 Å². The minimum Gasteiger partial charge on any atom is -0.312 e. The van der Waals surface area contributed by atoms with Gasteiger partial charge in [0.15, 0.2) is 0 Å². The Labute approximate surface area is 167 Å². The van der Waals surface area contributed by atoms with Crippen molar-refractivity contribution in [1.82, 2.24) is 0 Å². The van der Waals surface area contributed by atoms with E-state index < -0.39 is 21.6 Å². The highest BCUT2D eigenvalue weighted by atomic mass is 32.2. The van der Waals surface area contributed by atoms with E-state index in [0.717, 1.165) is 29.7 Å². The third-order valence-electron chi connectivity index (χ3n) is 4.78.